The molecule has 0 spiro atoms. The van der Waals surface area contributed by atoms with Crippen LogP contribution in [0.3, 0.4) is 0 Å². The minimum atomic E-state index is -1.50. The van der Waals surface area contributed by atoms with Crippen LogP contribution in [0.5, 0.6) is 0 Å². The van der Waals surface area contributed by atoms with Crippen LogP contribution in [0.4, 0.5) is 0 Å². The lowest BCUT2D eigenvalue weighted by Gasteiger charge is -2.38. The first-order chi connectivity index (χ1) is 14.5. The molecule has 30 heavy (non-hydrogen) atoms. The number of aryl methyl sites for hydroxylation is 2. The second-order valence-corrected chi connectivity index (χ2v) is 7.19. The largest absolute Gasteiger partial charge is 0.394 e. The molecule has 4 N–H and O–H groups in total. The first kappa shape index (κ1) is 20.6. The normalized spacial score (nSPS) is 26.7. The van der Waals surface area contributed by atoms with Crippen LogP contribution in [0, 0.1) is 0 Å². The molecule has 0 radical (unpaired) electrons. The minimum absolute atomic E-state index is 0.0367. The molecular weight excluding hydrogens is 394 g/mol. The third-order valence-electron chi connectivity index (χ3n) is 5.00. The molecule has 11 heteroatoms. The van der Waals surface area contributed by atoms with Crippen LogP contribution < -0.4 is 0 Å². The zero-order chi connectivity index (χ0) is 21.1. The Labute approximate surface area is 171 Å². The maximum atomic E-state index is 10.2. The summed E-state index contributed by atoms with van der Waals surface area (Å²) in [6.07, 6.45) is -3.78. The van der Waals surface area contributed by atoms with Crippen molar-refractivity contribution in [2.45, 2.75) is 49.9 Å². The van der Waals surface area contributed by atoms with Crippen molar-refractivity contribution in [2.75, 3.05) is 6.61 Å². The van der Waals surface area contributed by atoms with Gasteiger partial charge in [0.15, 0.2) is 0 Å². The fraction of sp³-hybridized carbons (Fsp3) is 0.474. The number of aromatic nitrogens is 5. The lowest BCUT2D eigenvalue weighted by molar-refractivity contribution is -0.233. The van der Waals surface area contributed by atoms with Crippen LogP contribution in [0.2, 0.25) is 0 Å². The molecule has 4 rings (SSSR count). The summed E-state index contributed by atoms with van der Waals surface area (Å²) in [4.78, 5) is 4.21. The van der Waals surface area contributed by atoms with Gasteiger partial charge in [-0.2, -0.15) is 4.98 Å². The summed E-state index contributed by atoms with van der Waals surface area (Å²) in [6, 6.07) is 9.92. The van der Waals surface area contributed by atoms with Crippen LogP contribution in [0.1, 0.15) is 29.1 Å². The summed E-state index contributed by atoms with van der Waals surface area (Å²) < 4.78 is 12.4. The summed E-state index contributed by atoms with van der Waals surface area (Å²) in [5, 5.41) is 51.3. The van der Waals surface area contributed by atoms with Gasteiger partial charge in [0.2, 0.25) is 11.7 Å². The van der Waals surface area contributed by atoms with Crippen molar-refractivity contribution >= 4 is 0 Å². The summed E-state index contributed by atoms with van der Waals surface area (Å²) >= 11 is 0. The monoisotopic (exact) mass is 417 g/mol. The van der Waals surface area contributed by atoms with E-state index in [-0.39, 0.29) is 5.82 Å². The molecule has 160 valence electrons. The van der Waals surface area contributed by atoms with Crippen LogP contribution >= 0.6 is 0 Å². The standard InChI is InChI=1S/C19H23N5O6/c25-10-13-15(26)16(27)17(28)18(29-13)19-20-14(30-22-19)7-6-12-9-24(23-21-12)8-11-4-2-1-3-5-11/h1-5,9,13,15-18,25-28H,6-8,10H2/t13-,15-,16+,17-,18-/m1/s1. The Morgan fingerprint density at radius 3 is 2.57 bits per heavy atom. The van der Waals surface area contributed by atoms with E-state index in [2.05, 4.69) is 20.5 Å². The molecule has 0 saturated carbocycles. The zero-order valence-electron chi connectivity index (χ0n) is 16.0. The molecule has 3 heterocycles. The van der Waals surface area contributed by atoms with E-state index in [0.717, 1.165) is 11.3 Å². The Hall–Kier alpha value is -2.70. The van der Waals surface area contributed by atoms with Gasteiger partial charge < -0.3 is 29.7 Å². The molecule has 2 aromatic heterocycles. The molecule has 11 nitrogen and oxygen atoms in total. The van der Waals surface area contributed by atoms with E-state index in [1.165, 1.54) is 0 Å². The van der Waals surface area contributed by atoms with Crippen LogP contribution in [-0.2, 0) is 24.1 Å². The molecule has 1 aromatic carbocycles. The zero-order valence-corrected chi connectivity index (χ0v) is 16.0. The number of aliphatic hydroxyl groups excluding tert-OH is 4. The van der Waals surface area contributed by atoms with Crippen molar-refractivity contribution in [2.24, 2.45) is 0 Å². The van der Waals surface area contributed by atoms with Gasteiger partial charge in [-0.05, 0) is 5.56 Å². The van der Waals surface area contributed by atoms with Gasteiger partial charge in [0.1, 0.15) is 30.5 Å². The topological polar surface area (TPSA) is 160 Å². The lowest BCUT2D eigenvalue weighted by Crippen LogP contribution is -2.55. The lowest BCUT2D eigenvalue weighted by atomic mass is 9.95. The predicted octanol–water partition coefficient (Wildman–Crippen LogP) is -0.991. The first-order valence-corrected chi connectivity index (χ1v) is 9.61. The number of rotatable bonds is 7. The predicted molar refractivity (Wildman–Crippen MR) is 100.0 cm³/mol. The number of aliphatic hydroxyl groups is 4. The minimum Gasteiger partial charge on any atom is -0.394 e. The maximum Gasteiger partial charge on any atom is 0.227 e. The van der Waals surface area contributed by atoms with Crippen LogP contribution in [-0.4, -0.2) is 76.6 Å². The number of hydrogen-bond donors (Lipinski definition) is 4. The highest BCUT2D eigenvalue weighted by molar-refractivity contribution is 5.15. The van der Waals surface area contributed by atoms with Gasteiger partial charge in [-0.25, -0.2) is 4.68 Å². The number of benzene rings is 1. The van der Waals surface area contributed by atoms with E-state index < -0.39 is 37.1 Å². The van der Waals surface area contributed by atoms with Crippen molar-refractivity contribution in [1.29, 1.82) is 0 Å². The fourth-order valence-corrected chi connectivity index (χ4v) is 3.34. The molecule has 1 aliphatic rings. The highest BCUT2D eigenvalue weighted by atomic mass is 16.5. The van der Waals surface area contributed by atoms with E-state index in [9.17, 15) is 20.4 Å². The quantitative estimate of drug-likeness (QED) is 0.376. The van der Waals surface area contributed by atoms with Crippen molar-refractivity contribution in [3.63, 3.8) is 0 Å². The average molecular weight is 417 g/mol. The summed E-state index contributed by atoms with van der Waals surface area (Å²) in [6.45, 7) is 0.0977. The van der Waals surface area contributed by atoms with Crippen LogP contribution in [0.25, 0.3) is 0 Å². The van der Waals surface area contributed by atoms with Crippen molar-refractivity contribution in [3.05, 3.63) is 59.5 Å². The van der Waals surface area contributed by atoms with E-state index >= 15 is 0 Å². The van der Waals surface area contributed by atoms with Crippen LogP contribution in [0.15, 0.2) is 41.1 Å². The molecular formula is C19H23N5O6. The number of ether oxygens (including phenoxy) is 1. The third-order valence-corrected chi connectivity index (χ3v) is 5.00. The van der Waals surface area contributed by atoms with Gasteiger partial charge in [0.05, 0.1) is 18.8 Å². The summed E-state index contributed by atoms with van der Waals surface area (Å²) in [5.41, 5.74) is 1.88. The highest BCUT2D eigenvalue weighted by Crippen LogP contribution is 2.30. The molecule has 0 aliphatic carbocycles. The summed E-state index contributed by atoms with van der Waals surface area (Å²) in [5.74, 6) is 0.342. The molecule has 0 unspecified atom stereocenters. The fourth-order valence-electron chi connectivity index (χ4n) is 3.34. The Balaban J connectivity index is 1.36. The molecule has 1 saturated heterocycles. The van der Waals surface area contributed by atoms with Crippen molar-refractivity contribution < 1.29 is 29.7 Å². The molecule has 1 aliphatic heterocycles. The second kappa shape index (κ2) is 8.98. The molecule has 1 fully saturated rings. The van der Waals surface area contributed by atoms with Gasteiger partial charge in [-0.1, -0.05) is 40.7 Å². The third kappa shape index (κ3) is 4.40. The Kier molecular flexibility index (Phi) is 6.16. The highest BCUT2D eigenvalue weighted by Gasteiger charge is 2.45. The molecule has 0 bridgehead atoms. The average Bonchev–Trinajstić information content (AvgIpc) is 3.41. The van der Waals surface area contributed by atoms with Crippen molar-refractivity contribution in [1.82, 2.24) is 25.1 Å². The van der Waals surface area contributed by atoms with Gasteiger partial charge in [-0.15, -0.1) is 5.10 Å². The van der Waals surface area contributed by atoms with Gasteiger partial charge in [-0.3, -0.25) is 0 Å². The SMILES string of the molecule is OC[C@H]1O[C@@H](c2noc(CCc3cn(Cc4ccccc4)nn3)n2)[C@H](O)[C@@H](O)[C@@H]1O. The Morgan fingerprint density at radius 1 is 1.00 bits per heavy atom. The number of hydrogen-bond acceptors (Lipinski definition) is 10. The maximum absolute atomic E-state index is 10.2. The van der Waals surface area contributed by atoms with E-state index in [4.69, 9.17) is 9.26 Å². The molecule has 0 amide bonds. The van der Waals surface area contributed by atoms with Gasteiger partial charge >= 0.3 is 0 Å². The molecule has 3 aromatic rings. The second-order valence-electron chi connectivity index (χ2n) is 7.19. The van der Waals surface area contributed by atoms with Gasteiger partial charge in [0, 0.05) is 19.0 Å². The smallest absolute Gasteiger partial charge is 0.227 e. The molecule has 5 atom stereocenters. The number of nitrogens with zero attached hydrogens (tertiary/aromatic N) is 5. The van der Waals surface area contributed by atoms with E-state index in [1.807, 2.05) is 36.5 Å². The van der Waals surface area contributed by atoms with E-state index in [0.29, 0.717) is 25.3 Å². The Bertz CT molecular complexity index is 946. The first-order valence-electron chi connectivity index (χ1n) is 9.61. The van der Waals surface area contributed by atoms with Gasteiger partial charge in [0.25, 0.3) is 0 Å². The Morgan fingerprint density at radius 2 is 1.80 bits per heavy atom. The van der Waals surface area contributed by atoms with E-state index in [1.54, 1.807) is 4.68 Å². The van der Waals surface area contributed by atoms with Crippen molar-refractivity contribution in [3.8, 4) is 0 Å². The summed E-state index contributed by atoms with van der Waals surface area (Å²) in [7, 11) is 0.